The number of carbonyl (C=O) groups excluding carboxylic acids is 1. The summed E-state index contributed by atoms with van der Waals surface area (Å²) in [5, 5.41) is 8.96. The van der Waals surface area contributed by atoms with Crippen LogP contribution in [0.2, 0.25) is 0 Å². The number of ether oxygens (including phenoxy) is 1. The van der Waals surface area contributed by atoms with Crippen LogP contribution in [0.1, 0.15) is 36.7 Å². The van der Waals surface area contributed by atoms with Gasteiger partial charge in [0.2, 0.25) is 0 Å². The molecule has 0 saturated heterocycles. The Bertz CT molecular complexity index is 513. The number of nitrogens with zero attached hydrogens (tertiary/aromatic N) is 1. The van der Waals surface area contributed by atoms with Crippen molar-refractivity contribution in [1.82, 2.24) is 4.90 Å². The molecular formula is C16H23NO4. The Morgan fingerprint density at radius 1 is 1.38 bits per heavy atom. The van der Waals surface area contributed by atoms with Crippen molar-refractivity contribution in [2.75, 3.05) is 20.2 Å². The lowest BCUT2D eigenvalue weighted by atomic mass is 10.1. The lowest BCUT2D eigenvalue weighted by molar-refractivity contribution is -0.141. The summed E-state index contributed by atoms with van der Waals surface area (Å²) in [6.45, 7) is 6.61. The van der Waals surface area contributed by atoms with Gasteiger partial charge in [-0.15, -0.1) is 0 Å². The summed E-state index contributed by atoms with van der Waals surface area (Å²) < 4.78 is 5.57. The van der Waals surface area contributed by atoms with Crippen molar-refractivity contribution in [1.29, 1.82) is 0 Å². The molecule has 116 valence electrons. The van der Waals surface area contributed by atoms with Gasteiger partial charge in [0.15, 0.2) is 5.78 Å². The fraction of sp³-hybridized carbons (Fsp3) is 0.500. The zero-order chi connectivity index (χ0) is 16.0. The first-order chi connectivity index (χ1) is 9.85. The fourth-order valence-electron chi connectivity index (χ4n) is 2.12. The van der Waals surface area contributed by atoms with Gasteiger partial charge in [0.1, 0.15) is 5.75 Å². The maximum Gasteiger partial charge on any atom is 0.307 e. The molecule has 0 bridgehead atoms. The van der Waals surface area contributed by atoms with Crippen molar-refractivity contribution in [3.8, 4) is 5.75 Å². The zero-order valence-corrected chi connectivity index (χ0v) is 13.0. The molecule has 0 aromatic heterocycles. The van der Waals surface area contributed by atoms with Crippen LogP contribution in [0.3, 0.4) is 0 Å². The summed E-state index contributed by atoms with van der Waals surface area (Å²) in [6, 6.07) is 5.36. The van der Waals surface area contributed by atoms with E-state index in [2.05, 4.69) is 0 Å². The van der Waals surface area contributed by atoms with E-state index < -0.39 is 11.9 Å². The van der Waals surface area contributed by atoms with Gasteiger partial charge in [-0.05, 0) is 39.1 Å². The Morgan fingerprint density at radius 2 is 2.05 bits per heavy atom. The molecule has 0 amide bonds. The summed E-state index contributed by atoms with van der Waals surface area (Å²) in [7, 11) is 1.86. The van der Waals surface area contributed by atoms with E-state index in [4.69, 9.17) is 9.84 Å². The van der Waals surface area contributed by atoms with Crippen LogP contribution in [0, 0.1) is 5.92 Å². The molecule has 0 aliphatic carbocycles. The molecule has 0 aliphatic heterocycles. The third kappa shape index (κ3) is 5.19. The van der Waals surface area contributed by atoms with Crippen molar-refractivity contribution in [2.45, 2.75) is 27.3 Å². The Labute approximate surface area is 125 Å². The van der Waals surface area contributed by atoms with E-state index in [0.29, 0.717) is 25.3 Å². The van der Waals surface area contributed by atoms with Crippen LogP contribution in [0.15, 0.2) is 18.2 Å². The first-order valence-electron chi connectivity index (χ1n) is 7.03. The van der Waals surface area contributed by atoms with Crippen LogP contribution in [0.25, 0.3) is 0 Å². The molecule has 0 radical (unpaired) electrons. The molecule has 1 atom stereocenters. The molecule has 5 heteroatoms. The topological polar surface area (TPSA) is 66.8 Å². The molecule has 21 heavy (non-hydrogen) atoms. The average molecular weight is 293 g/mol. The van der Waals surface area contributed by atoms with Crippen LogP contribution in [0.5, 0.6) is 5.75 Å². The number of rotatable bonds is 8. The van der Waals surface area contributed by atoms with E-state index in [0.717, 1.165) is 11.3 Å². The third-order valence-corrected chi connectivity index (χ3v) is 3.21. The van der Waals surface area contributed by atoms with Gasteiger partial charge in [0.25, 0.3) is 0 Å². The quantitative estimate of drug-likeness (QED) is 0.746. The van der Waals surface area contributed by atoms with Gasteiger partial charge in [-0.3, -0.25) is 9.59 Å². The number of hydrogen-bond acceptors (Lipinski definition) is 4. The minimum Gasteiger partial charge on any atom is -0.494 e. The molecule has 1 N–H and O–H groups in total. The standard InChI is InChI=1S/C16H23NO4/c1-5-21-15-7-6-13(12(3)18)8-14(15)10-17(4)9-11(2)16(19)20/h6-8,11H,5,9-10H2,1-4H3,(H,19,20). The summed E-state index contributed by atoms with van der Waals surface area (Å²) in [5.41, 5.74) is 1.53. The highest BCUT2D eigenvalue weighted by molar-refractivity contribution is 5.94. The minimum atomic E-state index is -0.815. The second kappa shape index (κ2) is 7.78. The van der Waals surface area contributed by atoms with Gasteiger partial charge in [0.05, 0.1) is 12.5 Å². The third-order valence-electron chi connectivity index (χ3n) is 3.21. The van der Waals surface area contributed by atoms with Gasteiger partial charge in [0, 0.05) is 24.2 Å². The maximum absolute atomic E-state index is 11.5. The van der Waals surface area contributed by atoms with Crippen LogP contribution >= 0.6 is 0 Å². The second-order valence-corrected chi connectivity index (χ2v) is 5.25. The second-order valence-electron chi connectivity index (χ2n) is 5.25. The van der Waals surface area contributed by atoms with Gasteiger partial charge in [-0.2, -0.15) is 0 Å². The molecule has 1 aromatic rings. The van der Waals surface area contributed by atoms with E-state index in [9.17, 15) is 9.59 Å². The van der Waals surface area contributed by atoms with E-state index in [1.54, 1.807) is 19.1 Å². The van der Waals surface area contributed by atoms with Gasteiger partial charge in [-0.1, -0.05) is 6.92 Å². The number of carboxylic acid groups (broad SMARTS) is 1. The van der Waals surface area contributed by atoms with Crippen LogP contribution in [-0.4, -0.2) is 42.0 Å². The van der Waals surface area contributed by atoms with E-state index in [1.807, 2.05) is 24.9 Å². The molecule has 0 heterocycles. The minimum absolute atomic E-state index is 0.000792. The summed E-state index contributed by atoms with van der Waals surface area (Å²) in [5.74, 6) is -0.524. The van der Waals surface area contributed by atoms with Crippen molar-refractivity contribution in [3.05, 3.63) is 29.3 Å². The van der Waals surface area contributed by atoms with Crippen molar-refractivity contribution in [2.24, 2.45) is 5.92 Å². The lowest BCUT2D eigenvalue weighted by Crippen LogP contribution is -2.28. The number of carboxylic acids is 1. The van der Waals surface area contributed by atoms with Gasteiger partial charge < -0.3 is 14.7 Å². The number of carbonyl (C=O) groups is 2. The highest BCUT2D eigenvalue weighted by Crippen LogP contribution is 2.22. The maximum atomic E-state index is 11.5. The molecule has 0 fully saturated rings. The number of Topliss-reactive ketones (excluding diaryl/α,β-unsaturated/α-hetero) is 1. The Kier molecular flexibility index (Phi) is 6.37. The molecule has 1 aromatic carbocycles. The van der Waals surface area contributed by atoms with Crippen LogP contribution < -0.4 is 4.74 Å². The predicted molar refractivity (Wildman–Crippen MR) is 80.7 cm³/mol. The van der Waals surface area contributed by atoms with E-state index >= 15 is 0 Å². The number of hydrogen-bond donors (Lipinski definition) is 1. The average Bonchev–Trinajstić information content (AvgIpc) is 2.40. The summed E-state index contributed by atoms with van der Waals surface area (Å²) >= 11 is 0. The van der Waals surface area contributed by atoms with Crippen molar-refractivity contribution < 1.29 is 19.4 Å². The molecule has 0 saturated carbocycles. The van der Waals surface area contributed by atoms with Crippen molar-refractivity contribution >= 4 is 11.8 Å². The number of benzene rings is 1. The first-order valence-corrected chi connectivity index (χ1v) is 7.03. The van der Waals surface area contributed by atoms with E-state index in [1.165, 1.54) is 6.92 Å². The van der Waals surface area contributed by atoms with Crippen LogP contribution in [0.4, 0.5) is 0 Å². The summed E-state index contributed by atoms with van der Waals surface area (Å²) in [4.78, 5) is 24.3. The Hall–Kier alpha value is -1.88. The van der Waals surface area contributed by atoms with Gasteiger partial charge >= 0.3 is 5.97 Å². The largest absolute Gasteiger partial charge is 0.494 e. The lowest BCUT2D eigenvalue weighted by Gasteiger charge is -2.21. The molecule has 0 spiro atoms. The Morgan fingerprint density at radius 3 is 2.57 bits per heavy atom. The molecule has 0 aliphatic rings. The van der Waals surface area contributed by atoms with E-state index in [-0.39, 0.29) is 5.78 Å². The monoisotopic (exact) mass is 293 g/mol. The van der Waals surface area contributed by atoms with Gasteiger partial charge in [-0.25, -0.2) is 0 Å². The first kappa shape index (κ1) is 17.2. The highest BCUT2D eigenvalue weighted by Gasteiger charge is 2.15. The number of ketones is 1. The fourth-order valence-corrected chi connectivity index (χ4v) is 2.12. The summed E-state index contributed by atoms with van der Waals surface area (Å²) in [6.07, 6.45) is 0. The smallest absolute Gasteiger partial charge is 0.307 e. The highest BCUT2D eigenvalue weighted by atomic mass is 16.5. The SMILES string of the molecule is CCOc1ccc(C(C)=O)cc1CN(C)CC(C)C(=O)O. The predicted octanol–water partition coefficient (Wildman–Crippen LogP) is 2.44. The normalized spacial score (nSPS) is 12.2. The molecular weight excluding hydrogens is 270 g/mol. The zero-order valence-electron chi connectivity index (χ0n) is 13.0. The van der Waals surface area contributed by atoms with Crippen LogP contribution in [-0.2, 0) is 11.3 Å². The molecule has 5 nitrogen and oxygen atoms in total. The molecule has 1 unspecified atom stereocenters. The van der Waals surface area contributed by atoms with Crippen molar-refractivity contribution in [3.63, 3.8) is 0 Å². The number of aliphatic carboxylic acids is 1. The molecule has 1 rings (SSSR count). The Balaban J connectivity index is 2.90.